The van der Waals surface area contributed by atoms with Gasteiger partial charge in [0.05, 0.1) is 16.4 Å². The molecule has 0 radical (unpaired) electrons. The van der Waals surface area contributed by atoms with Gasteiger partial charge in [0.15, 0.2) is 0 Å². The van der Waals surface area contributed by atoms with Crippen molar-refractivity contribution < 1.29 is 9.59 Å². The fourth-order valence-electron chi connectivity index (χ4n) is 4.91. The molecule has 1 unspecified atom stereocenters. The van der Waals surface area contributed by atoms with Crippen LogP contribution in [0.3, 0.4) is 0 Å². The largest absolute Gasteiger partial charge is 0.354 e. The Morgan fingerprint density at radius 2 is 2.00 bits per heavy atom. The van der Waals surface area contributed by atoms with Gasteiger partial charge < -0.3 is 14.8 Å². The van der Waals surface area contributed by atoms with Crippen LogP contribution in [0.25, 0.3) is 11.0 Å². The lowest BCUT2D eigenvalue weighted by Gasteiger charge is -2.55. The molecule has 2 fully saturated rings. The van der Waals surface area contributed by atoms with Crippen LogP contribution in [0.1, 0.15) is 45.4 Å². The molecule has 1 saturated heterocycles. The van der Waals surface area contributed by atoms with Gasteiger partial charge in [-0.25, -0.2) is 4.98 Å². The number of nitrogens with zero attached hydrogens (tertiary/aromatic N) is 3. The maximum Gasteiger partial charge on any atom is 0.243 e. The first-order valence-corrected chi connectivity index (χ1v) is 9.96. The zero-order chi connectivity index (χ0) is 19.2. The minimum Gasteiger partial charge on any atom is -0.354 e. The van der Waals surface area contributed by atoms with Gasteiger partial charge >= 0.3 is 0 Å². The minimum atomic E-state index is -0.438. The van der Waals surface area contributed by atoms with Crippen LogP contribution < -0.4 is 5.32 Å². The summed E-state index contributed by atoms with van der Waals surface area (Å²) in [5.74, 6) is 1.12. The topological polar surface area (TPSA) is 67.2 Å². The summed E-state index contributed by atoms with van der Waals surface area (Å²) >= 11 is 0. The predicted octanol–water partition coefficient (Wildman–Crippen LogP) is 2.41. The molecule has 6 heteroatoms. The smallest absolute Gasteiger partial charge is 0.243 e. The van der Waals surface area contributed by atoms with Crippen molar-refractivity contribution in [3.8, 4) is 0 Å². The summed E-state index contributed by atoms with van der Waals surface area (Å²) in [5, 5.41) is 3.08. The monoisotopic (exact) mass is 368 g/mol. The molecule has 1 aromatic heterocycles. The Morgan fingerprint density at radius 1 is 1.30 bits per heavy atom. The number of β-lactam (4-membered cyclic amide) rings is 1. The van der Waals surface area contributed by atoms with Crippen LogP contribution in [0.5, 0.6) is 0 Å². The molecule has 1 saturated carbocycles. The number of nitrogens with one attached hydrogen (secondary N) is 1. The first-order chi connectivity index (χ1) is 13.0. The van der Waals surface area contributed by atoms with Crippen molar-refractivity contribution in [2.24, 2.45) is 12.5 Å². The molecule has 27 heavy (non-hydrogen) atoms. The third kappa shape index (κ3) is 2.73. The fraction of sp³-hybridized carbons (Fsp3) is 0.571. The quantitative estimate of drug-likeness (QED) is 0.824. The maximum atomic E-state index is 13.0. The molecule has 1 atom stereocenters. The van der Waals surface area contributed by atoms with Crippen molar-refractivity contribution in [3.63, 3.8) is 0 Å². The van der Waals surface area contributed by atoms with E-state index in [1.807, 2.05) is 39.1 Å². The standard InChI is InChI=1S/C21H28N4O2/c1-14(2)25-18(21(20(25)27)11-6-7-12-21)19(26)22-13-10-17-23-15-8-4-5-9-16(15)24(17)3/h4-5,8-9,14,18H,6-7,10-13H2,1-3H3,(H,22,26). The number of carbonyl (C=O) groups excluding carboxylic acids is 2. The van der Waals surface area contributed by atoms with Crippen molar-refractivity contribution in [3.05, 3.63) is 30.1 Å². The summed E-state index contributed by atoms with van der Waals surface area (Å²) in [7, 11) is 2.01. The van der Waals surface area contributed by atoms with Crippen LogP contribution in [0, 0.1) is 5.41 Å². The minimum absolute atomic E-state index is 0.0102. The van der Waals surface area contributed by atoms with Gasteiger partial charge in [0.25, 0.3) is 0 Å². The number of fused-ring (bicyclic) bond motifs is 1. The molecular weight excluding hydrogens is 340 g/mol. The summed E-state index contributed by atoms with van der Waals surface area (Å²) in [6.07, 6.45) is 4.45. The molecule has 2 heterocycles. The molecule has 144 valence electrons. The van der Waals surface area contributed by atoms with E-state index in [1.54, 1.807) is 4.90 Å². The Balaban J connectivity index is 1.43. The second-order valence-electron chi connectivity index (χ2n) is 8.19. The highest BCUT2D eigenvalue weighted by molar-refractivity contribution is 6.02. The summed E-state index contributed by atoms with van der Waals surface area (Å²) in [6, 6.07) is 7.78. The highest BCUT2D eigenvalue weighted by Crippen LogP contribution is 2.52. The van der Waals surface area contributed by atoms with Crippen LogP contribution >= 0.6 is 0 Å². The van der Waals surface area contributed by atoms with Crippen LogP contribution in [-0.4, -0.2) is 44.9 Å². The fourth-order valence-corrected chi connectivity index (χ4v) is 4.91. The molecule has 1 aliphatic carbocycles. The van der Waals surface area contributed by atoms with Gasteiger partial charge in [-0.3, -0.25) is 9.59 Å². The average Bonchev–Trinajstić information content (AvgIpc) is 3.26. The van der Waals surface area contributed by atoms with E-state index in [9.17, 15) is 9.59 Å². The Bertz CT molecular complexity index is 879. The number of para-hydroxylation sites is 2. The SMILES string of the molecule is CC(C)N1C(=O)C2(CCCC2)C1C(=O)NCCc1nc2ccccc2n1C. The van der Waals surface area contributed by atoms with E-state index in [4.69, 9.17) is 0 Å². The Labute approximate surface area is 159 Å². The molecule has 1 N–H and O–H groups in total. The molecular formula is C21H28N4O2. The van der Waals surface area contributed by atoms with E-state index in [0.29, 0.717) is 13.0 Å². The van der Waals surface area contributed by atoms with Gasteiger partial charge in [0.2, 0.25) is 11.8 Å². The molecule has 2 aliphatic rings. The van der Waals surface area contributed by atoms with Crippen molar-refractivity contribution in [2.75, 3.05) is 6.54 Å². The third-order valence-electron chi connectivity index (χ3n) is 6.29. The second-order valence-corrected chi connectivity index (χ2v) is 8.19. The second kappa shape index (κ2) is 6.66. The van der Waals surface area contributed by atoms with Crippen molar-refractivity contribution in [1.82, 2.24) is 19.8 Å². The van der Waals surface area contributed by atoms with Gasteiger partial charge in [0, 0.05) is 26.1 Å². The molecule has 1 aromatic carbocycles. The van der Waals surface area contributed by atoms with Crippen molar-refractivity contribution in [2.45, 2.75) is 58.0 Å². The van der Waals surface area contributed by atoms with Crippen LogP contribution in [-0.2, 0) is 23.1 Å². The molecule has 4 rings (SSSR count). The lowest BCUT2D eigenvalue weighted by Crippen LogP contribution is -2.74. The van der Waals surface area contributed by atoms with Crippen molar-refractivity contribution in [1.29, 1.82) is 0 Å². The number of carbonyl (C=O) groups is 2. The van der Waals surface area contributed by atoms with Crippen molar-refractivity contribution >= 4 is 22.8 Å². The summed E-state index contributed by atoms with van der Waals surface area (Å²) < 4.78 is 2.08. The third-order valence-corrected chi connectivity index (χ3v) is 6.29. The normalized spacial score (nSPS) is 21.3. The molecule has 2 aromatic rings. The number of amides is 2. The van der Waals surface area contributed by atoms with Gasteiger partial charge in [0.1, 0.15) is 11.9 Å². The lowest BCUT2D eigenvalue weighted by molar-refractivity contribution is -0.181. The molecule has 2 amide bonds. The maximum absolute atomic E-state index is 13.0. The molecule has 6 nitrogen and oxygen atoms in total. The van der Waals surface area contributed by atoms with Gasteiger partial charge in [-0.05, 0) is 38.8 Å². The van der Waals surface area contributed by atoms with Gasteiger partial charge in [-0.15, -0.1) is 0 Å². The summed E-state index contributed by atoms with van der Waals surface area (Å²) in [6.45, 7) is 4.50. The number of rotatable bonds is 5. The first kappa shape index (κ1) is 18.0. The number of aryl methyl sites for hydroxylation is 1. The number of aromatic nitrogens is 2. The number of hydrogen-bond donors (Lipinski definition) is 1. The van der Waals surface area contributed by atoms with Crippen LogP contribution in [0.2, 0.25) is 0 Å². The Kier molecular flexibility index (Phi) is 4.44. The highest BCUT2D eigenvalue weighted by atomic mass is 16.2. The van der Waals surface area contributed by atoms with E-state index in [2.05, 4.69) is 20.9 Å². The van der Waals surface area contributed by atoms with E-state index in [0.717, 1.165) is 42.5 Å². The predicted molar refractivity (Wildman–Crippen MR) is 104 cm³/mol. The van der Waals surface area contributed by atoms with E-state index >= 15 is 0 Å². The van der Waals surface area contributed by atoms with E-state index in [1.165, 1.54) is 0 Å². The molecule has 0 bridgehead atoms. The first-order valence-electron chi connectivity index (χ1n) is 9.96. The Morgan fingerprint density at radius 3 is 2.67 bits per heavy atom. The average molecular weight is 368 g/mol. The number of imidazole rings is 1. The van der Waals surface area contributed by atoms with Crippen LogP contribution in [0.4, 0.5) is 0 Å². The van der Waals surface area contributed by atoms with Gasteiger partial charge in [-0.1, -0.05) is 25.0 Å². The Hall–Kier alpha value is -2.37. The molecule has 1 aliphatic heterocycles. The zero-order valence-corrected chi connectivity index (χ0v) is 16.4. The molecule has 1 spiro atoms. The van der Waals surface area contributed by atoms with Gasteiger partial charge in [-0.2, -0.15) is 0 Å². The zero-order valence-electron chi connectivity index (χ0n) is 16.4. The number of benzene rings is 1. The van der Waals surface area contributed by atoms with E-state index < -0.39 is 5.41 Å². The summed E-state index contributed by atoms with van der Waals surface area (Å²) in [5.41, 5.74) is 1.63. The number of hydrogen-bond acceptors (Lipinski definition) is 3. The summed E-state index contributed by atoms with van der Waals surface area (Å²) in [4.78, 5) is 32.1. The van der Waals surface area contributed by atoms with Crippen LogP contribution in [0.15, 0.2) is 24.3 Å². The highest BCUT2D eigenvalue weighted by Gasteiger charge is 2.64. The number of likely N-dealkylation sites (tertiary alicyclic amines) is 1. The lowest BCUT2D eigenvalue weighted by atomic mass is 9.68. The van der Waals surface area contributed by atoms with E-state index in [-0.39, 0.29) is 23.9 Å².